The monoisotopic (exact) mass is 315 g/mol. The Kier molecular flexibility index (Phi) is 4.22. The molecule has 7 nitrogen and oxygen atoms in total. The van der Waals surface area contributed by atoms with Crippen molar-refractivity contribution in [3.8, 4) is 5.75 Å². The van der Waals surface area contributed by atoms with Crippen molar-refractivity contribution in [1.29, 1.82) is 0 Å². The summed E-state index contributed by atoms with van der Waals surface area (Å²) in [5.74, 6) is -0.758. The molecule has 7 heteroatoms. The van der Waals surface area contributed by atoms with Crippen LogP contribution in [0.25, 0.3) is 0 Å². The summed E-state index contributed by atoms with van der Waals surface area (Å²) in [7, 11) is 0. The lowest BCUT2D eigenvalue weighted by atomic mass is 10.1. The molecular weight excluding hydrogens is 298 g/mol. The number of benzene rings is 1. The molecule has 0 bridgehead atoms. The number of phenolic OH excluding ortho intramolecular Hbond substituents is 1. The Hall–Kier alpha value is -3.09. The Morgan fingerprint density at radius 1 is 1.13 bits per heavy atom. The van der Waals surface area contributed by atoms with Crippen LogP contribution in [0.5, 0.6) is 5.75 Å². The van der Waals surface area contributed by atoms with E-state index in [4.69, 9.17) is 5.73 Å². The van der Waals surface area contributed by atoms with Crippen LogP contribution >= 0.6 is 0 Å². The summed E-state index contributed by atoms with van der Waals surface area (Å²) in [6.07, 6.45) is 0. The molecule has 2 aromatic rings. The maximum Gasteiger partial charge on any atom is 0.265 e. The minimum Gasteiger partial charge on any atom is -0.505 e. The number of carbonyl (C=O) groups excluding carboxylic acids is 1. The third kappa shape index (κ3) is 2.94. The van der Waals surface area contributed by atoms with Crippen molar-refractivity contribution in [3.63, 3.8) is 0 Å². The highest BCUT2D eigenvalue weighted by molar-refractivity contribution is 5.97. The molecule has 0 heterocycles. The number of nitrogens with two attached hydrogens (primary N) is 1. The largest absolute Gasteiger partial charge is 0.505 e. The van der Waals surface area contributed by atoms with Crippen LogP contribution < -0.4 is 27.2 Å². The zero-order valence-corrected chi connectivity index (χ0v) is 13.0. The summed E-state index contributed by atoms with van der Waals surface area (Å²) < 4.78 is 0. The Balaban J connectivity index is 2.40. The van der Waals surface area contributed by atoms with Crippen LogP contribution in [0.4, 0.5) is 17.1 Å². The number of allylic oxidation sites excluding steroid dienone is 1. The molecule has 5 N–H and O–H groups in total. The maximum atomic E-state index is 11.8. The Labute approximate surface area is 132 Å². The van der Waals surface area contributed by atoms with Gasteiger partial charge in [0.2, 0.25) is 0 Å². The summed E-state index contributed by atoms with van der Waals surface area (Å²) in [6.45, 7) is 5.01. The number of anilines is 3. The second kappa shape index (κ2) is 5.96. The van der Waals surface area contributed by atoms with Crippen LogP contribution in [-0.2, 0) is 4.79 Å². The van der Waals surface area contributed by atoms with Gasteiger partial charge in [0.15, 0.2) is 0 Å². The topological polar surface area (TPSA) is 122 Å². The first-order valence-corrected chi connectivity index (χ1v) is 6.87. The van der Waals surface area contributed by atoms with E-state index in [2.05, 4.69) is 10.6 Å². The zero-order valence-electron chi connectivity index (χ0n) is 13.0. The average Bonchev–Trinajstić information content (AvgIpc) is 2.49. The molecule has 0 spiro atoms. The number of hydrogen-bond acceptors (Lipinski definition) is 6. The third-order valence-corrected chi connectivity index (χ3v) is 3.40. The summed E-state index contributed by atoms with van der Waals surface area (Å²) in [5.41, 5.74) is 5.23. The number of aromatic hydroxyl groups is 1. The molecule has 2 aromatic carbocycles. The minimum absolute atomic E-state index is 0.0177. The van der Waals surface area contributed by atoms with Crippen molar-refractivity contribution in [2.24, 2.45) is 5.73 Å². The lowest BCUT2D eigenvalue weighted by Crippen LogP contribution is -2.38. The molecule has 120 valence electrons. The molecule has 1 amide bonds. The first kappa shape index (κ1) is 16.3. The minimum atomic E-state index is -0.750. The van der Waals surface area contributed by atoms with Gasteiger partial charge in [-0.15, -0.1) is 0 Å². The normalized spacial score (nSPS) is 10.4. The van der Waals surface area contributed by atoms with Gasteiger partial charge in [0, 0.05) is 0 Å². The second-order valence-electron chi connectivity index (χ2n) is 5.37. The SMILES string of the molecule is CC(C)=C(Nc1c(Nc2cccc(C)c2O)c(=O)c1=O)C(N)=O. The van der Waals surface area contributed by atoms with E-state index in [1.165, 1.54) is 0 Å². The number of primary amides is 1. The summed E-state index contributed by atoms with van der Waals surface area (Å²) >= 11 is 0. The quantitative estimate of drug-likeness (QED) is 0.374. The molecule has 23 heavy (non-hydrogen) atoms. The van der Waals surface area contributed by atoms with Crippen molar-refractivity contribution in [2.45, 2.75) is 20.8 Å². The predicted molar refractivity (Wildman–Crippen MR) is 88.7 cm³/mol. The van der Waals surface area contributed by atoms with E-state index in [9.17, 15) is 19.5 Å². The molecule has 0 aliphatic carbocycles. The lowest BCUT2D eigenvalue weighted by molar-refractivity contribution is -0.114. The van der Waals surface area contributed by atoms with E-state index in [0.717, 1.165) is 0 Å². The Bertz CT molecular complexity index is 885. The van der Waals surface area contributed by atoms with E-state index in [1.807, 2.05) is 0 Å². The van der Waals surface area contributed by atoms with Crippen LogP contribution in [0.2, 0.25) is 0 Å². The van der Waals surface area contributed by atoms with Gasteiger partial charge in [-0.2, -0.15) is 0 Å². The van der Waals surface area contributed by atoms with E-state index in [-0.39, 0.29) is 28.5 Å². The highest BCUT2D eigenvalue weighted by Gasteiger charge is 2.24. The fraction of sp³-hybridized carbons (Fsp3) is 0.188. The van der Waals surface area contributed by atoms with Crippen LogP contribution in [0, 0.1) is 6.92 Å². The molecule has 0 radical (unpaired) electrons. The van der Waals surface area contributed by atoms with Gasteiger partial charge in [-0.25, -0.2) is 0 Å². The second-order valence-corrected chi connectivity index (χ2v) is 5.37. The molecular formula is C16H17N3O4. The molecule has 0 saturated carbocycles. The summed E-state index contributed by atoms with van der Waals surface area (Å²) in [5, 5.41) is 15.3. The highest BCUT2D eigenvalue weighted by atomic mass is 16.3. The standard InChI is InChI=1S/C16H17N3O4/c1-7(2)10(16(17)23)19-12-11(14(21)15(12)22)18-9-6-4-5-8(3)13(9)20/h4-6,18-20H,1-3H3,(H2,17,23). The first-order chi connectivity index (χ1) is 10.7. The highest BCUT2D eigenvalue weighted by Crippen LogP contribution is 2.31. The molecule has 0 unspecified atom stereocenters. The van der Waals surface area contributed by atoms with Gasteiger partial charge < -0.3 is 21.5 Å². The van der Waals surface area contributed by atoms with Crippen molar-refractivity contribution < 1.29 is 9.90 Å². The van der Waals surface area contributed by atoms with Crippen LogP contribution in [0.3, 0.4) is 0 Å². The van der Waals surface area contributed by atoms with Gasteiger partial charge >= 0.3 is 0 Å². The van der Waals surface area contributed by atoms with E-state index in [0.29, 0.717) is 11.1 Å². The molecule has 2 rings (SSSR count). The Morgan fingerprint density at radius 2 is 1.74 bits per heavy atom. The fourth-order valence-corrected chi connectivity index (χ4v) is 2.08. The van der Waals surface area contributed by atoms with Crippen LogP contribution in [-0.4, -0.2) is 11.0 Å². The molecule has 0 fully saturated rings. The molecule has 0 aromatic heterocycles. The first-order valence-electron chi connectivity index (χ1n) is 6.87. The summed E-state index contributed by atoms with van der Waals surface area (Å²) in [6, 6.07) is 4.97. The van der Waals surface area contributed by atoms with Crippen LogP contribution in [0.15, 0.2) is 39.1 Å². The average molecular weight is 315 g/mol. The van der Waals surface area contributed by atoms with Crippen molar-refractivity contribution in [3.05, 3.63) is 55.5 Å². The smallest absolute Gasteiger partial charge is 0.265 e. The number of aryl methyl sites for hydroxylation is 1. The number of nitrogens with one attached hydrogen (secondary N) is 2. The number of rotatable bonds is 5. The van der Waals surface area contributed by atoms with E-state index >= 15 is 0 Å². The molecule has 0 aliphatic heterocycles. The fourth-order valence-electron chi connectivity index (χ4n) is 2.08. The molecule has 0 aliphatic rings. The van der Waals surface area contributed by atoms with Gasteiger partial charge in [0.1, 0.15) is 22.8 Å². The van der Waals surface area contributed by atoms with Crippen molar-refractivity contribution in [1.82, 2.24) is 0 Å². The van der Waals surface area contributed by atoms with Crippen LogP contribution in [0.1, 0.15) is 19.4 Å². The molecule has 0 saturated heterocycles. The predicted octanol–water partition coefficient (Wildman–Crippen LogP) is 1.23. The lowest BCUT2D eigenvalue weighted by Gasteiger charge is -2.17. The number of carbonyl (C=O) groups is 1. The van der Waals surface area contributed by atoms with Gasteiger partial charge in [-0.1, -0.05) is 12.1 Å². The number of amides is 1. The number of para-hydroxylation sites is 1. The van der Waals surface area contributed by atoms with E-state index < -0.39 is 16.8 Å². The summed E-state index contributed by atoms with van der Waals surface area (Å²) in [4.78, 5) is 34.9. The molecule has 0 atom stereocenters. The Morgan fingerprint density at radius 3 is 2.30 bits per heavy atom. The maximum absolute atomic E-state index is 11.8. The van der Waals surface area contributed by atoms with Gasteiger partial charge in [0.05, 0.1) is 5.69 Å². The third-order valence-electron chi connectivity index (χ3n) is 3.40. The van der Waals surface area contributed by atoms with Gasteiger partial charge in [-0.3, -0.25) is 14.4 Å². The number of phenols is 1. The number of hydrogen-bond donors (Lipinski definition) is 4. The van der Waals surface area contributed by atoms with E-state index in [1.54, 1.807) is 39.0 Å². The van der Waals surface area contributed by atoms with Gasteiger partial charge in [-0.05, 0) is 38.0 Å². The zero-order chi connectivity index (χ0) is 17.3. The van der Waals surface area contributed by atoms with Gasteiger partial charge in [0.25, 0.3) is 16.8 Å². The van der Waals surface area contributed by atoms with Crippen molar-refractivity contribution >= 4 is 23.0 Å². The van der Waals surface area contributed by atoms with Crippen molar-refractivity contribution in [2.75, 3.05) is 10.6 Å².